The van der Waals surface area contributed by atoms with Crippen LogP contribution in [0, 0.1) is 6.92 Å². The van der Waals surface area contributed by atoms with E-state index in [4.69, 9.17) is 0 Å². The van der Waals surface area contributed by atoms with E-state index in [2.05, 4.69) is 37.0 Å². The first-order valence-electron chi connectivity index (χ1n) is 5.89. The molecule has 1 aliphatic rings. The molecule has 0 N–H and O–H groups in total. The minimum atomic E-state index is 1.15. The maximum atomic E-state index is 4.62. The number of aliphatic imine (C=N–C) groups is 1. The monoisotopic (exact) mass is 203 g/mol. The van der Waals surface area contributed by atoms with Crippen LogP contribution in [0.1, 0.15) is 44.7 Å². The molecule has 82 valence electrons. The second-order valence-electron chi connectivity index (χ2n) is 3.83. The van der Waals surface area contributed by atoms with Crippen molar-refractivity contribution in [3.05, 3.63) is 29.3 Å². The molecule has 1 aliphatic heterocycles. The molecule has 1 aromatic carbocycles. The fourth-order valence-electron chi connectivity index (χ4n) is 1.79. The molecule has 0 amide bonds. The van der Waals surface area contributed by atoms with Crippen molar-refractivity contribution in [2.75, 3.05) is 0 Å². The average molecular weight is 203 g/mol. The molecule has 0 bridgehead atoms. The quantitative estimate of drug-likeness (QED) is 0.590. The van der Waals surface area contributed by atoms with Gasteiger partial charge in [0.25, 0.3) is 0 Å². The van der Waals surface area contributed by atoms with Gasteiger partial charge >= 0.3 is 0 Å². The van der Waals surface area contributed by atoms with Crippen LogP contribution in [-0.2, 0) is 6.42 Å². The van der Waals surface area contributed by atoms with Gasteiger partial charge in [0.05, 0.1) is 5.69 Å². The normalized spacial score (nSPS) is 14.3. The van der Waals surface area contributed by atoms with E-state index in [-0.39, 0.29) is 0 Å². The highest BCUT2D eigenvalue weighted by molar-refractivity contribution is 5.85. The SMILES string of the molecule is CC.CC1=Nc2cc(C)ccc2CCC1. The molecule has 0 atom stereocenters. The van der Waals surface area contributed by atoms with Crippen LogP contribution < -0.4 is 0 Å². The van der Waals surface area contributed by atoms with Crippen molar-refractivity contribution in [2.24, 2.45) is 4.99 Å². The number of hydrogen-bond acceptors (Lipinski definition) is 1. The zero-order valence-corrected chi connectivity index (χ0v) is 10.3. The van der Waals surface area contributed by atoms with Gasteiger partial charge in [-0.1, -0.05) is 26.0 Å². The van der Waals surface area contributed by atoms with E-state index in [0.29, 0.717) is 0 Å². The minimum Gasteiger partial charge on any atom is -0.258 e. The highest BCUT2D eigenvalue weighted by Gasteiger charge is 2.06. The summed E-state index contributed by atoms with van der Waals surface area (Å²) in [5.74, 6) is 0. The summed E-state index contributed by atoms with van der Waals surface area (Å²) in [5.41, 5.74) is 5.17. The second kappa shape index (κ2) is 5.69. The zero-order valence-electron chi connectivity index (χ0n) is 10.3. The van der Waals surface area contributed by atoms with E-state index in [1.165, 1.54) is 35.4 Å². The molecule has 0 spiro atoms. The van der Waals surface area contributed by atoms with E-state index in [1.807, 2.05) is 13.8 Å². The lowest BCUT2D eigenvalue weighted by Crippen LogP contribution is -1.87. The van der Waals surface area contributed by atoms with Crippen molar-refractivity contribution >= 4 is 11.4 Å². The van der Waals surface area contributed by atoms with Crippen molar-refractivity contribution in [1.29, 1.82) is 0 Å². The summed E-state index contributed by atoms with van der Waals surface area (Å²) in [7, 11) is 0. The highest BCUT2D eigenvalue weighted by atomic mass is 14.7. The molecule has 15 heavy (non-hydrogen) atoms. The molecule has 0 saturated heterocycles. The Morgan fingerprint density at radius 1 is 1.07 bits per heavy atom. The standard InChI is InChI=1S/C12H15N.C2H6/c1-9-6-7-11-5-3-4-10(2)13-12(11)8-9;1-2/h6-8H,3-5H2,1-2H3;1-2H3. The highest BCUT2D eigenvalue weighted by Crippen LogP contribution is 2.25. The van der Waals surface area contributed by atoms with Crippen molar-refractivity contribution < 1.29 is 0 Å². The smallest absolute Gasteiger partial charge is 0.0663 e. The molecule has 1 aromatic rings. The third-order valence-corrected chi connectivity index (χ3v) is 2.54. The Morgan fingerprint density at radius 3 is 2.53 bits per heavy atom. The lowest BCUT2D eigenvalue weighted by molar-refractivity contribution is 0.876. The number of nitrogens with zero attached hydrogens (tertiary/aromatic N) is 1. The summed E-state index contributed by atoms with van der Waals surface area (Å²) in [5, 5.41) is 0. The summed E-state index contributed by atoms with van der Waals surface area (Å²) < 4.78 is 0. The summed E-state index contributed by atoms with van der Waals surface area (Å²) in [4.78, 5) is 4.62. The molecule has 2 rings (SSSR count). The Kier molecular flexibility index (Phi) is 4.54. The van der Waals surface area contributed by atoms with Gasteiger partial charge in [0.1, 0.15) is 0 Å². The van der Waals surface area contributed by atoms with E-state index >= 15 is 0 Å². The van der Waals surface area contributed by atoms with Crippen molar-refractivity contribution in [3.63, 3.8) is 0 Å². The van der Waals surface area contributed by atoms with Crippen LogP contribution in [-0.4, -0.2) is 5.71 Å². The summed E-state index contributed by atoms with van der Waals surface area (Å²) in [6.45, 7) is 8.24. The topological polar surface area (TPSA) is 12.4 Å². The van der Waals surface area contributed by atoms with Gasteiger partial charge in [-0.05, 0) is 50.3 Å². The number of benzene rings is 1. The van der Waals surface area contributed by atoms with Crippen LogP contribution in [0.15, 0.2) is 23.2 Å². The minimum absolute atomic E-state index is 1.15. The predicted molar refractivity (Wildman–Crippen MR) is 68.2 cm³/mol. The first kappa shape index (κ1) is 12.0. The molecule has 0 unspecified atom stereocenters. The molecule has 0 radical (unpaired) electrons. The number of hydrogen-bond donors (Lipinski definition) is 0. The van der Waals surface area contributed by atoms with E-state index in [9.17, 15) is 0 Å². The van der Waals surface area contributed by atoms with Crippen LogP contribution in [0.5, 0.6) is 0 Å². The lowest BCUT2D eigenvalue weighted by Gasteiger charge is -2.02. The molecule has 0 aromatic heterocycles. The molecule has 0 aliphatic carbocycles. The Balaban J connectivity index is 0.000000531. The molecule has 1 nitrogen and oxygen atoms in total. The largest absolute Gasteiger partial charge is 0.258 e. The third-order valence-electron chi connectivity index (χ3n) is 2.54. The first-order chi connectivity index (χ1) is 7.25. The first-order valence-corrected chi connectivity index (χ1v) is 5.89. The van der Waals surface area contributed by atoms with Gasteiger partial charge in [0, 0.05) is 5.71 Å². The van der Waals surface area contributed by atoms with E-state index in [0.717, 1.165) is 6.42 Å². The summed E-state index contributed by atoms with van der Waals surface area (Å²) >= 11 is 0. The van der Waals surface area contributed by atoms with Gasteiger partial charge in [-0.25, -0.2) is 0 Å². The van der Waals surface area contributed by atoms with Gasteiger partial charge in [0.15, 0.2) is 0 Å². The van der Waals surface area contributed by atoms with E-state index < -0.39 is 0 Å². The van der Waals surface area contributed by atoms with Crippen molar-refractivity contribution in [1.82, 2.24) is 0 Å². The summed E-state index contributed by atoms with van der Waals surface area (Å²) in [6, 6.07) is 6.58. The molecular weight excluding hydrogens is 182 g/mol. The Hall–Kier alpha value is -1.11. The van der Waals surface area contributed by atoms with Crippen LogP contribution in [0.2, 0.25) is 0 Å². The zero-order chi connectivity index (χ0) is 11.3. The second-order valence-corrected chi connectivity index (χ2v) is 3.83. The fraction of sp³-hybridized carbons (Fsp3) is 0.500. The Bertz CT molecular complexity index is 350. The molecule has 1 heterocycles. The maximum absolute atomic E-state index is 4.62. The molecule has 1 heteroatoms. The average Bonchev–Trinajstić information content (AvgIpc) is 2.41. The summed E-state index contributed by atoms with van der Waals surface area (Å²) in [6.07, 6.45) is 3.57. The van der Waals surface area contributed by atoms with Crippen molar-refractivity contribution in [3.8, 4) is 0 Å². The molecule has 0 saturated carbocycles. The third kappa shape index (κ3) is 3.19. The van der Waals surface area contributed by atoms with Crippen LogP contribution in [0.25, 0.3) is 0 Å². The van der Waals surface area contributed by atoms with Gasteiger partial charge in [0.2, 0.25) is 0 Å². The Morgan fingerprint density at radius 2 is 1.80 bits per heavy atom. The van der Waals surface area contributed by atoms with Crippen molar-refractivity contribution in [2.45, 2.75) is 47.0 Å². The van der Waals surface area contributed by atoms with Crippen LogP contribution in [0.3, 0.4) is 0 Å². The lowest BCUT2D eigenvalue weighted by atomic mass is 10.1. The van der Waals surface area contributed by atoms with E-state index in [1.54, 1.807) is 0 Å². The Labute approximate surface area is 93.2 Å². The van der Waals surface area contributed by atoms with Gasteiger partial charge in [-0.3, -0.25) is 4.99 Å². The number of rotatable bonds is 0. The van der Waals surface area contributed by atoms with Gasteiger partial charge in [-0.15, -0.1) is 0 Å². The maximum Gasteiger partial charge on any atom is 0.0663 e. The van der Waals surface area contributed by atoms with Crippen LogP contribution in [0.4, 0.5) is 5.69 Å². The van der Waals surface area contributed by atoms with Gasteiger partial charge in [-0.2, -0.15) is 0 Å². The van der Waals surface area contributed by atoms with Crippen LogP contribution >= 0.6 is 0 Å². The number of aryl methyl sites for hydroxylation is 2. The fourth-order valence-corrected chi connectivity index (χ4v) is 1.79. The predicted octanol–water partition coefficient (Wildman–Crippen LogP) is 4.45. The molecular formula is C14H21N. The molecule has 0 fully saturated rings. The van der Waals surface area contributed by atoms with Gasteiger partial charge < -0.3 is 0 Å². The number of fused-ring (bicyclic) bond motifs is 1.